The number of hydrogen-bond donors (Lipinski definition) is 1. The molecular formula is C24H29ClN2O3S. The van der Waals surface area contributed by atoms with Crippen LogP contribution in [0.5, 0.6) is 0 Å². The largest absolute Gasteiger partial charge is 0.349 e. The van der Waals surface area contributed by atoms with Gasteiger partial charge in [-0.25, -0.2) is 8.42 Å². The van der Waals surface area contributed by atoms with E-state index in [2.05, 4.69) is 5.32 Å². The number of nitrogens with one attached hydrogen (secondary N) is 1. The highest BCUT2D eigenvalue weighted by Crippen LogP contribution is 2.41. The number of aryl methyl sites for hydroxylation is 2. The van der Waals surface area contributed by atoms with Crippen molar-refractivity contribution in [1.82, 2.24) is 9.62 Å². The second kappa shape index (κ2) is 8.93. The fourth-order valence-electron chi connectivity index (χ4n) is 4.23. The van der Waals surface area contributed by atoms with Gasteiger partial charge < -0.3 is 5.32 Å². The number of hydrogen-bond acceptors (Lipinski definition) is 3. The van der Waals surface area contributed by atoms with E-state index in [0.717, 1.165) is 29.5 Å². The van der Waals surface area contributed by atoms with Crippen LogP contribution in [0, 0.1) is 25.7 Å². The molecular weight excluding hydrogens is 432 g/mol. The second-order valence-electron chi connectivity index (χ2n) is 8.80. The molecule has 31 heavy (non-hydrogen) atoms. The summed E-state index contributed by atoms with van der Waals surface area (Å²) < 4.78 is 27.6. The summed E-state index contributed by atoms with van der Waals surface area (Å²) in [7, 11) is -3.53. The normalized spacial score (nSPS) is 19.2. The number of carbonyl (C=O) groups excluding carboxylic acids is 1. The van der Waals surface area contributed by atoms with Crippen LogP contribution in [0.1, 0.15) is 48.4 Å². The zero-order valence-corrected chi connectivity index (χ0v) is 19.5. The van der Waals surface area contributed by atoms with Crippen LogP contribution in [0.25, 0.3) is 0 Å². The maximum absolute atomic E-state index is 13.0. The third-order valence-corrected chi connectivity index (χ3v) is 8.71. The zero-order valence-electron chi connectivity index (χ0n) is 18.0. The maximum atomic E-state index is 13.0. The van der Waals surface area contributed by atoms with Gasteiger partial charge in [0, 0.05) is 24.0 Å². The lowest BCUT2D eigenvalue weighted by atomic mass is 9.95. The molecule has 0 aromatic heterocycles. The molecule has 0 bridgehead atoms. The molecule has 2 aromatic rings. The fourth-order valence-corrected chi connectivity index (χ4v) is 5.91. The molecule has 2 aliphatic rings. The number of amides is 1. The van der Waals surface area contributed by atoms with Crippen LogP contribution in [-0.2, 0) is 14.8 Å². The monoisotopic (exact) mass is 460 g/mol. The lowest BCUT2D eigenvalue weighted by Crippen LogP contribution is -2.44. The van der Waals surface area contributed by atoms with Crippen molar-refractivity contribution in [2.45, 2.75) is 50.5 Å². The van der Waals surface area contributed by atoms with Gasteiger partial charge in [0.15, 0.2) is 0 Å². The SMILES string of the molecule is Cc1ccc(S(=O)(=O)N2CCC(C(=O)N[C@@H](c3ccc(Cl)cc3)C3CC3)CC2)cc1C. The van der Waals surface area contributed by atoms with Crippen LogP contribution < -0.4 is 5.32 Å². The summed E-state index contributed by atoms with van der Waals surface area (Å²) in [6.07, 6.45) is 3.29. The molecule has 1 heterocycles. The van der Waals surface area contributed by atoms with Crippen LogP contribution in [0.4, 0.5) is 0 Å². The number of rotatable bonds is 6. The van der Waals surface area contributed by atoms with Gasteiger partial charge in [-0.3, -0.25) is 4.79 Å². The predicted octanol–water partition coefficient (Wildman–Crippen LogP) is 4.63. The first-order valence-electron chi connectivity index (χ1n) is 10.9. The highest BCUT2D eigenvalue weighted by Gasteiger charge is 2.37. The molecule has 2 aromatic carbocycles. The minimum Gasteiger partial charge on any atom is -0.349 e. The van der Waals surface area contributed by atoms with Gasteiger partial charge in [-0.2, -0.15) is 4.31 Å². The minimum atomic E-state index is -3.53. The number of piperidine rings is 1. The first kappa shape index (κ1) is 22.3. The van der Waals surface area contributed by atoms with Crippen LogP contribution in [0.15, 0.2) is 47.4 Å². The van der Waals surface area contributed by atoms with Gasteiger partial charge in [0.2, 0.25) is 15.9 Å². The van der Waals surface area contributed by atoms with Crippen molar-refractivity contribution < 1.29 is 13.2 Å². The van der Waals surface area contributed by atoms with Crippen molar-refractivity contribution in [3.05, 3.63) is 64.2 Å². The van der Waals surface area contributed by atoms with E-state index >= 15 is 0 Å². The lowest BCUT2D eigenvalue weighted by Gasteiger charge is -2.31. The third-order valence-electron chi connectivity index (χ3n) is 6.56. The van der Waals surface area contributed by atoms with Crippen molar-refractivity contribution >= 4 is 27.5 Å². The Morgan fingerprint density at radius 3 is 2.23 bits per heavy atom. The molecule has 5 nitrogen and oxygen atoms in total. The molecule has 166 valence electrons. The van der Waals surface area contributed by atoms with Crippen molar-refractivity contribution in [1.29, 1.82) is 0 Å². The Labute approximate surface area is 189 Å². The summed E-state index contributed by atoms with van der Waals surface area (Å²) in [5, 5.41) is 3.92. The third kappa shape index (κ3) is 4.97. The summed E-state index contributed by atoms with van der Waals surface area (Å²) in [5.41, 5.74) is 3.11. The molecule has 1 saturated carbocycles. The predicted molar refractivity (Wildman–Crippen MR) is 122 cm³/mol. The Morgan fingerprint density at radius 2 is 1.65 bits per heavy atom. The second-order valence-corrected chi connectivity index (χ2v) is 11.2. The van der Waals surface area contributed by atoms with Gasteiger partial charge >= 0.3 is 0 Å². The highest BCUT2D eigenvalue weighted by atomic mass is 35.5. The lowest BCUT2D eigenvalue weighted by molar-refractivity contribution is -0.127. The average Bonchev–Trinajstić information content (AvgIpc) is 3.60. The number of halogens is 1. The smallest absolute Gasteiger partial charge is 0.243 e. The Morgan fingerprint density at radius 1 is 1.00 bits per heavy atom. The van der Waals surface area contributed by atoms with Gasteiger partial charge in [-0.1, -0.05) is 29.8 Å². The Bertz CT molecular complexity index is 1060. The van der Waals surface area contributed by atoms with Gasteiger partial charge in [-0.05, 0) is 86.4 Å². The fraction of sp³-hybridized carbons (Fsp3) is 0.458. The molecule has 1 aliphatic heterocycles. The van der Waals surface area contributed by atoms with E-state index in [9.17, 15) is 13.2 Å². The highest BCUT2D eigenvalue weighted by molar-refractivity contribution is 7.89. The first-order chi connectivity index (χ1) is 14.8. The van der Waals surface area contributed by atoms with E-state index in [1.165, 1.54) is 4.31 Å². The minimum absolute atomic E-state index is 0.00191. The molecule has 1 saturated heterocycles. The standard InChI is InChI=1S/C24H29ClN2O3S/c1-16-3-10-22(15-17(16)2)31(29,30)27-13-11-20(12-14-27)24(28)26-23(18-4-5-18)19-6-8-21(25)9-7-19/h3,6-10,15,18,20,23H,4-5,11-14H2,1-2H3,(H,26,28)/t23-/m1/s1. The molecule has 2 fully saturated rings. The average molecular weight is 461 g/mol. The van der Waals surface area contributed by atoms with E-state index in [1.807, 2.05) is 44.2 Å². The van der Waals surface area contributed by atoms with E-state index in [-0.39, 0.29) is 17.9 Å². The van der Waals surface area contributed by atoms with Gasteiger partial charge in [-0.15, -0.1) is 0 Å². The first-order valence-corrected chi connectivity index (χ1v) is 12.7. The molecule has 1 amide bonds. The Balaban J connectivity index is 1.39. The van der Waals surface area contributed by atoms with Crippen LogP contribution in [0.2, 0.25) is 5.02 Å². The van der Waals surface area contributed by atoms with Crippen molar-refractivity contribution in [3.63, 3.8) is 0 Å². The molecule has 4 rings (SSSR count). The quantitative estimate of drug-likeness (QED) is 0.683. The van der Waals surface area contributed by atoms with E-state index in [0.29, 0.717) is 41.8 Å². The maximum Gasteiger partial charge on any atom is 0.243 e. The molecule has 1 atom stereocenters. The number of carbonyl (C=O) groups is 1. The molecule has 1 N–H and O–H groups in total. The summed E-state index contributed by atoms with van der Waals surface area (Å²) in [6, 6.07) is 12.9. The molecule has 1 aliphatic carbocycles. The van der Waals surface area contributed by atoms with Gasteiger partial charge in [0.05, 0.1) is 10.9 Å². The van der Waals surface area contributed by atoms with Crippen molar-refractivity contribution in [3.8, 4) is 0 Å². The number of benzene rings is 2. The Kier molecular flexibility index (Phi) is 6.42. The topological polar surface area (TPSA) is 66.5 Å². The van der Waals surface area contributed by atoms with E-state index in [4.69, 9.17) is 11.6 Å². The van der Waals surface area contributed by atoms with Crippen LogP contribution in [0.3, 0.4) is 0 Å². The number of nitrogens with zero attached hydrogens (tertiary/aromatic N) is 1. The van der Waals surface area contributed by atoms with Gasteiger partial charge in [0.1, 0.15) is 0 Å². The zero-order chi connectivity index (χ0) is 22.2. The van der Waals surface area contributed by atoms with Crippen LogP contribution >= 0.6 is 11.6 Å². The summed E-state index contributed by atoms with van der Waals surface area (Å²) in [4.78, 5) is 13.3. The molecule has 0 radical (unpaired) electrons. The van der Waals surface area contributed by atoms with E-state index < -0.39 is 10.0 Å². The summed E-state index contributed by atoms with van der Waals surface area (Å²) >= 11 is 6.01. The summed E-state index contributed by atoms with van der Waals surface area (Å²) in [6.45, 7) is 4.61. The van der Waals surface area contributed by atoms with E-state index in [1.54, 1.807) is 12.1 Å². The van der Waals surface area contributed by atoms with Crippen molar-refractivity contribution in [2.75, 3.05) is 13.1 Å². The molecule has 0 unspecified atom stereocenters. The van der Waals surface area contributed by atoms with Crippen molar-refractivity contribution in [2.24, 2.45) is 11.8 Å². The van der Waals surface area contributed by atoms with Crippen LogP contribution in [-0.4, -0.2) is 31.7 Å². The molecule has 0 spiro atoms. The Hall–Kier alpha value is -1.89. The number of sulfonamides is 1. The van der Waals surface area contributed by atoms with Gasteiger partial charge in [0.25, 0.3) is 0 Å². The molecule has 7 heteroatoms. The summed E-state index contributed by atoms with van der Waals surface area (Å²) in [5.74, 6) is 0.324.